The second-order valence-electron chi connectivity index (χ2n) is 5.66. The lowest BCUT2D eigenvalue weighted by Crippen LogP contribution is -2.35. The standard InChI is InChI=1S/C17H24N2O3/c1-18(2)10-5-6-11-19-14-9-7-8-13(12-20)15(14)16(21-3)17(19)22-4/h7-9,17H,5-6,10-11H2,1-4H3. The Morgan fingerprint density at radius 1 is 1.27 bits per heavy atom. The van der Waals surface area contributed by atoms with Crippen molar-refractivity contribution in [2.45, 2.75) is 19.1 Å². The number of fused-ring (bicyclic) bond motifs is 1. The van der Waals surface area contributed by atoms with Crippen LogP contribution in [-0.2, 0) is 14.3 Å². The zero-order valence-electron chi connectivity index (χ0n) is 13.8. The quantitative estimate of drug-likeness (QED) is 0.667. The average Bonchev–Trinajstić information content (AvgIpc) is 2.84. The van der Waals surface area contributed by atoms with E-state index in [9.17, 15) is 4.79 Å². The Kier molecular flexibility index (Phi) is 5.61. The van der Waals surface area contributed by atoms with Crippen LogP contribution in [-0.4, -0.2) is 58.5 Å². The largest absolute Gasteiger partial charge is 0.496 e. The third-order valence-electron chi connectivity index (χ3n) is 3.91. The maximum atomic E-state index is 11.2. The fourth-order valence-corrected chi connectivity index (χ4v) is 2.90. The van der Waals surface area contributed by atoms with E-state index in [1.165, 1.54) is 0 Å². The number of rotatable bonds is 7. The van der Waals surface area contributed by atoms with Crippen molar-refractivity contribution in [2.75, 3.05) is 46.3 Å². The van der Waals surface area contributed by atoms with Gasteiger partial charge in [-0.05, 0) is 45.6 Å². The first kappa shape index (κ1) is 16.6. The highest BCUT2D eigenvalue weighted by Crippen LogP contribution is 2.25. The molecule has 0 aromatic heterocycles. The van der Waals surface area contributed by atoms with Gasteiger partial charge in [0, 0.05) is 13.7 Å². The fourth-order valence-electron chi connectivity index (χ4n) is 2.90. The number of ether oxygens (including phenoxy) is 2. The molecule has 0 saturated carbocycles. The number of anilines is 1. The number of hydrogen-bond acceptors (Lipinski definition) is 5. The van der Waals surface area contributed by atoms with E-state index in [4.69, 9.17) is 9.47 Å². The molecule has 0 radical (unpaired) electrons. The molecule has 0 spiro atoms. The SMILES string of the molecule is COC1=c2c(cccc2=C=O)N(CCCCN(C)C)C1OC. The van der Waals surface area contributed by atoms with Gasteiger partial charge in [0.2, 0.25) is 0 Å². The van der Waals surface area contributed by atoms with Crippen LogP contribution in [0.4, 0.5) is 5.69 Å². The minimum absolute atomic E-state index is 0.283. The van der Waals surface area contributed by atoms with Gasteiger partial charge >= 0.3 is 0 Å². The Morgan fingerprint density at radius 3 is 2.64 bits per heavy atom. The van der Waals surface area contributed by atoms with Crippen molar-refractivity contribution in [3.05, 3.63) is 28.6 Å². The molecule has 5 heteroatoms. The highest BCUT2D eigenvalue weighted by Gasteiger charge is 2.32. The van der Waals surface area contributed by atoms with E-state index < -0.39 is 0 Å². The molecule has 0 bridgehead atoms. The van der Waals surface area contributed by atoms with Crippen LogP contribution in [0.1, 0.15) is 12.8 Å². The van der Waals surface area contributed by atoms with Gasteiger partial charge in [0.1, 0.15) is 5.94 Å². The fraction of sp³-hybridized carbons (Fsp3) is 0.529. The van der Waals surface area contributed by atoms with Crippen LogP contribution in [0.25, 0.3) is 5.76 Å². The van der Waals surface area contributed by atoms with Gasteiger partial charge in [0.25, 0.3) is 0 Å². The Hall–Kier alpha value is -1.81. The Morgan fingerprint density at radius 2 is 2.05 bits per heavy atom. The molecule has 1 aromatic carbocycles. The lowest BCUT2D eigenvalue weighted by molar-refractivity contribution is 0.116. The second-order valence-corrected chi connectivity index (χ2v) is 5.66. The molecular weight excluding hydrogens is 280 g/mol. The van der Waals surface area contributed by atoms with Crippen molar-refractivity contribution in [3.63, 3.8) is 0 Å². The first-order chi connectivity index (χ1) is 10.6. The van der Waals surface area contributed by atoms with Gasteiger partial charge in [-0.25, -0.2) is 4.79 Å². The number of benzene rings is 1. The summed E-state index contributed by atoms with van der Waals surface area (Å²) in [6.07, 6.45) is 1.87. The Labute approximate surface area is 131 Å². The van der Waals surface area contributed by atoms with Crippen molar-refractivity contribution in [3.8, 4) is 0 Å². The normalized spacial score (nSPS) is 16.9. The molecule has 1 unspecified atom stereocenters. The summed E-state index contributed by atoms with van der Waals surface area (Å²) in [5, 5.41) is 1.33. The first-order valence-corrected chi connectivity index (χ1v) is 7.50. The van der Waals surface area contributed by atoms with Gasteiger partial charge in [-0.1, -0.05) is 6.07 Å². The van der Waals surface area contributed by atoms with Crippen LogP contribution in [0.5, 0.6) is 0 Å². The zero-order valence-corrected chi connectivity index (χ0v) is 13.8. The van der Waals surface area contributed by atoms with Gasteiger partial charge in [-0.2, -0.15) is 0 Å². The van der Waals surface area contributed by atoms with E-state index in [2.05, 4.69) is 23.9 Å². The van der Waals surface area contributed by atoms with Crippen LogP contribution in [0, 0.1) is 0 Å². The summed E-state index contributed by atoms with van der Waals surface area (Å²) in [6, 6.07) is 5.63. The van der Waals surface area contributed by atoms with Crippen molar-refractivity contribution in [2.24, 2.45) is 0 Å². The predicted octanol–water partition coefficient (Wildman–Crippen LogP) is 0.0787. The summed E-state index contributed by atoms with van der Waals surface area (Å²) >= 11 is 0. The Bertz CT molecular complexity index is 650. The maximum absolute atomic E-state index is 11.2. The summed E-state index contributed by atoms with van der Waals surface area (Å²) in [5.41, 5.74) is 0.981. The minimum atomic E-state index is -0.283. The molecule has 0 N–H and O–H groups in total. The van der Waals surface area contributed by atoms with E-state index in [1.54, 1.807) is 20.3 Å². The van der Waals surface area contributed by atoms with Crippen LogP contribution in [0.15, 0.2) is 18.2 Å². The van der Waals surface area contributed by atoms with E-state index in [1.807, 2.05) is 18.1 Å². The van der Waals surface area contributed by atoms with Gasteiger partial charge < -0.3 is 19.3 Å². The number of nitrogens with zero attached hydrogens (tertiary/aromatic N) is 2. The second kappa shape index (κ2) is 7.45. The van der Waals surface area contributed by atoms with Crippen molar-refractivity contribution in [1.29, 1.82) is 0 Å². The summed E-state index contributed by atoms with van der Waals surface area (Å²) in [4.78, 5) is 15.5. The van der Waals surface area contributed by atoms with Crippen molar-refractivity contribution in [1.82, 2.24) is 4.90 Å². The number of carbonyl (C=O) groups excluding carboxylic acids is 1. The van der Waals surface area contributed by atoms with Crippen molar-refractivity contribution >= 4 is 17.4 Å². The first-order valence-electron chi connectivity index (χ1n) is 7.50. The van der Waals surface area contributed by atoms with Crippen LogP contribution < -0.4 is 15.3 Å². The lowest BCUT2D eigenvalue weighted by atomic mass is 10.2. The Balaban J connectivity index is 2.31. The van der Waals surface area contributed by atoms with Gasteiger partial charge in [-0.3, -0.25) is 0 Å². The topological polar surface area (TPSA) is 42.0 Å². The smallest absolute Gasteiger partial charge is 0.189 e. The van der Waals surface area contributed by atoms with E-state index in [0.29, 0.717) is 11.0 Å². The van der Waals surface area contributed by atoms with Gasteiger partial charge in [-0.15, -0.1) is 0 Å². The minimum Gasteiger partial charge on any atom is -0.496 e. The molecule has 1 heterocycles. The molecule has 1 aliphatic rings. The summed E-state index contributed by atoms with van der Waals surface area (Å²) in [5.74, 6) is 2.68. The van der Waals surface area contributed by atoms with Crippen molar-refractivity contribution < 1.29 is 14.3 Å². The molecule has 0 saturated heterocycles. The van der Waals surface area contributed by atoms with E-state index in [0.717, 1.165) is 36.8 Å². The highest BCUT2D eigenvalue weighted by molar-refractivity contribution is 5.69. The molecular formula is C17H24N2O3. The zero-order chi connectivity index (χ0) is 16.1. The summed E-state index contributed by atoms with van der Waals surface area (Å²) in [7, 11) is 7.42. The highest BCUT2D eigenvalue weighted by atomic mass is 16.5. The van der Waals surface area contributed by atoms with Crippen LogP contribution in [0.3, 0.4) is 0 Å². The van der Waals surface area contributed by atoms with E-state index >= 15 is 0 Å². The maximum Gasteiger partial charge on any atom is 0.189 e. The molecule has 0 aliphatic carbocycles. The third-order valence-corrected chi connectivity index (χ3v) is 3.91. The number of hydrogen-bond donors (Lipinski definition) is 0. The third kappa shape index (κ3) is 3.17. The molecule has 22 heavy (non-hydrogen) atoms. The summed E-state index contributed by atoms with van der Waals surface area (Å²) in [6.45, 7) is 1.91. The lowest BCUT2D eigenvalue weighted by Gasteiger charge is -2.28. The summed E-state index contributed by atoms with van der Waals surface area (Å²) < 4.78 is 11.1. The number of methoxy groups -OCH3 is 2. The molecule has 1 atom stereocenters. The van der Waals surface area contributed by atoms with Crippen LogP contribution >= 0.6 is 0 Å². The molecule has 0 fully saturated rings. The molecule has 0 amide bonds. The van der Waals surface area contributed by atoms with Gasteiger partial charge in [0.05, 0.1) is 23.2 Å². The van der Waals surface area contributed by atoms with Gasteiger partial charge in [0.15, 0.2) is 12.0 Å². The monoisotopic (exact) mass is 304 g/mol. The molecule has 120 valence electrons. The molecule has 5 nitrogen and oxygen atoms in total. The van der Waals surface area contributed by atoms with E-state index in [-0.39, 0.29) is 6.23 Å². The molecule has 1 aromatic rings. The average molecular weight is 304 g/mol. The number of unbranched alkanes of at least 4 members (excludes halogenated alkanes) is 1. The molecule has 1 aliphatic heterocycles. The molecule has 2 rings (SSSR count). The predicted molar refractivity (Wildman–Crippen MR) is 86.8 cm³/mol. The van der Waals surface area contributed by atoms with Crippen LogP contribution in [0.2, 0.25) is 0 Å².